The zero-order chi connectivity index (χ0) is 15.5. The van der Waals surface area contributed by atoms with Gasteiger partial charge in [-0.05, 0) is 12.8 Å². The summed E-state index contributed by atoms with van der Waals surface area (Å²) in [5, 5.41) is 6.38. The summed E-state index contributed by atoms with van der Waals surface area (Å²) in [6.45, 7) is 5.99. The molecule has 2 amide bonds. The minimum atomic E-state index is 0.00937. The molecule has 7 heteroatoms. The van der Waals surface area contributed by atoms with Crippen molar-refractivity contribution in [1.82, 2.24) is 15.2 Å². The first-order chi connectivity index (χ1) is 10.7. The number of hydrogen-bond acceptors (Lipinski definition) is 5. The molecule has 6 nitrogen and oxygen atoms in total. The highest BCUT2D eigenvalue weighted by Crippen LogP contribution is 2.32. The molecule has 2 aliphatic rings. The van der Waals surface area contributed by atoms with Crippen LogP contribution in [-0.2, 0) is 22.6 Å². The van der Waals surface area contributed by atoms with Gasteiger partial charge in [-0.1, -0.05) is 6.08 Å². The normalized spacial score (nSPS) is 17.6. The molecule has 0 spiro atoms. The van der Waals surface area contributed by atoms with Crippen LogP contribution in [-0.4, -0.2) is 41.3 Å². The summed E-state index contributed by atoms with van der Waals surface area (Å²) >= 11 is 1.52. The van der Waals surface area contributed by atoms with Crippen molar-refractivity contribution in [2.75, 3.05) is 25.0 Å². The predicted octanol–water partition coefficient (Wildman–Crippen LogP) is 1.15. The third-order valence-electron chi connectivity index (χ3n) is 3.80. The fraction of sp³-hybridized carbons (Fsp3) is 0.533. The summed E-state index contributed by atoms with van der Waals surface area (Å²) in [6.07, 6.45) is 4.47. The number of anilines is 1. The standard InChI is InChI=1S/C15H20N4O2S/c1-2-6-16-13(20)9-19-7-5-11-12(8-19)22-15(17-11)18-14(21)10-3-4-10/h2,10H,1,3-9H2,(H,16,20)(H,17,18,21). The molecule has 1 aromatic rings. The maximum Gasteiger partial charge on any atom is 0.234 e. The van der Waals surface area contributed by atoms with E-state index in [1.807, 2.05) is 0 Å². The molecule has 0 aromatic carbocycles. The van der Waals surface area contributed by atoms with Crippen LogP contribution in [0.1, 0.15) is 23.4 Å². The van der Waals surface area contributed by atoms with E-state index in [9.17, 15) is 9.59 Å². The first kappa shape index (κ1) is 15.2. The highest BCUT2D eigenvalue weighted by molar-refractivity contribution is 7.15. The lowest BCUT2D eigenvalue weighted by atomic mass is 10.2. The average molecular weight is 320 g/mol. The second-order valence-electron chi connectivity index (χ2n) is 5.71. The van der Waals surface area contributed by atoms with E-state index in [1.54, 1.807) is 6.08 Å². The summed E-state index contributed by atoms with van der Waals surface area (Å²) in [5.41, 5.74) is 1.05. The fourth-order valence-corrected chi connectivity index (χ4v) is 3.49. The summed E-state index contributed by atoms with van der Waals surface area (Å²) in [7, 11) is 0. The van der Waals surface area contributed by atoms with E-state index >= 15 is 0 Å². The second kappa shape index (κ2) is 6.58. The van der Waals surface area contributed by atoms with Crippen LogP contribution in [0.5, 0.6) is 0 Å². The van der Waals surface area contributed by atoms with Crippen LogP contribution in [0.3, 0.4) is 0 Å². The lowest BCUT2D eigenvalue weighted by Crippen LogP contribution is -2.39. The lowest BCUT2D eigenvalue weighted by Gasteiger charge is -2.24. The molecular formula is C15H20N4O2S. The van der Waals surface area contributed by atoms with Gasteiger partial charge in [0.15, 0.2) is 5.13 Å². The Morgan fingerprint density at radius 3 is 3.00 bits per heavy atom. The number of fused-ring (bicyclic) bond motifs is 1. The van der Waals surface area contributed by atoms with E-state index in [4.69, 9.17) is 0 Å². The minimum absolute atomic E-state index is 0.00937. The molecule has 0 bridgehead atoms. The molecule has 0 radical (unpaired) electrons. The van der Waals surface area contributed by atoms with E-state index in [2.05, 4.69) is 27.1 Å². The number of amides is 2. The smallest absolute Gasteiger partial charge is 0.234 e. The molecule has 3 rings (SSSR count). The molecule has 2 N–H and O–H groups in total. The maximum atomic E-state index is 11.8. The minimum Gasteiger partial charge on any atom is -0.352 e. The summed E-state index contributed by atoms with van der Waals surface area (Å²) < 4.78 is 0. The second-order valence-corrected chi connectivity index (χ2v) is 6.79. The largest absolute Gasteiger partial charge is 0.352 e. The van der Waals surface area contributed by atoms with Crippen LogP contribution < -0.4 is 10.6 Å². The number of nitrogens with zero attached hydrogens (tertiary/aromatic N) is 2. The van der Waals surface area contributed by atoms with Gasteiger partial charge in [0.2, 0.25) is 11.8 Å². The summed E-state index contributed by atoms with van der Waals surface area (Å²) in [4.78, 5) is 31.3. The number of aromatic nitrogens is 1. The summed E-state index contributed by atoms with van der Waals surface area (Å²) in [6, 6.07) is 0. The Hall–Kier alpha value is -1.73. The van der Waals surface area contributed by atoms with Gasteiger partial charge in [0, 0.05) is 36.9 Å². The van der Waals surface area contributed by atoms with Gasteiger partial charge in [-0.2, -0.15) is 0 Å². The molecule has 118 valence electrons. The van der Waals surface area contributed by atoms with Gasteiger partial charge in [-0.25, -0.2) is 4.98 Å². The third kappa shape index (κ3) is 3.72. The van der Waals surface area contributed by atoms with Crippen molar-refractivity contribution in [2.45, 2.75) is 25.8 Å². The molecule has 2 heterocycles. The first-order valence-electron chi connectivity index (χ1n) is 7.55. The van der Waals surface area contributed by atoms with Crippen LogP contribution in [0.4, 0.5) is 5.13 Å². The van der Waals surface area contributed by atoms with Crippen molar-refractivity contribution >= 4 is 28.3 Å². The van der Waals surface area contributed by atoms with Gasteiger partial charge >= 0.3 is 0 Å². The van der Waals surface area contributed by atoms with Gasteiger partial charge in [0.1, 0.15) is 0 Å². The number of nitrogens with one attached hydrogen (secondary N) is 2. The van der Waals surface area contributed by atoms with Gasteiger partial charge < -0.3 is 10.6 Å². The highest BCUT2D eigenvalue weighted by atomic mass is 32.1. The van der Waals surface area contributed by atoms with Crippen molar-refractivity contribution in [2.24, 2.45) is 5.92 Å². The van der Waals surface area contributed by atoms with Crippen molar-refractivity contribution in [3.8, 4) is 0 Å². The molecular weight excluding hydrogens is 300 g/mol. The van der Waals surface area contributed by atoms with E-state index in [0.29, 0.717) is 24.8 Å². The number of carbonyl (C=O) groups is 2. The first-order valence-corrected chi connectivity index (χ1v) is 8.36. The third-order valence-corrected chi connectivity index (χ3v) is 4.80. The quantitative estimate of drug-likeness (QED) is 0.771. The Morgan fingerprint density at radius 2 is 2.27 bits per heavy atom. The molecule has 1 aromatic heterocycles. The molecule has 1 saturated carbocycles. The molecule has 1 fully saturated rings. The monoisotopic (exact) mass is 320 g/mol. The number of rotatable bonds is 6. The Labute approximate surface area is 133 Å². The molecule has 22 heavy (non-hydrogen) atoms. The van der Waals surface area contributed by atoms with Gasteiger partial charge in [-0.15, -0.1) is 17.9 Å². The van der Waals surface area contributed by atoms with Gasteiger partial charge in [-0.3, -0.25) is 14.5 Å². The zero-order valence-corrected chi connectivity index (χ0v) is 13.2. The zero-order valence-electron chi connectivity index (χ0n) is 12.4. The van der Waals surface area contributed by atoms with Crippen LogP contribution in [0.15, 0.2) is 12.7 Å². The van der Waals surface area contributed by atoms with Crippen molar-refractivity contribution in [3.05, 3.63) is 23.2 Å². The fourth-order valence-electron chi connectivity index (χ4n) is 2.43. The number of carbonyl (C=O) groups excluding carboxylic acids is 2. The van der Waals surface area contributed by atoms with Crippen molar-refractivity contribution < 1.29 is 9.59 Å². The Morgan fingerprint density at radius 1 is 1.45 bits per heavy atom. The van der Waals surface area contributed by atoms with Gasteiger partial charge in [0.25, 0.3) is 0 Å². The Bertz CT molecular complexity index is 594. The number of hydrogen-bond donors (Lipinski definition) is 2. The van der Waals surface area contributed by atoms with Crippen molar-refractivity contribution in [1.29, 1.82) is 0 Å². The topological polar surface area (TPSA) is 74.3 Å². The van der Waals surface area contributed by atoms with Crippen molar-refractivity contribution in [3.63, 3.8) is 0 Å². The van der Waals surface area contributed by atoms with E-state index in [1.165, 1.54) is 11.3 Å². The van der Waals surface area contributed by atoms with Crippen LogP contribution >= 0.6 is 11.3 Å². The molecule has 0 unspecified atom stereocenters. The van der Waals surface area contributed by atoms with E-state index < -0.39 is 0 Å². The highest BCUT2D eigenvalue weighted by Gasteiger charge is 2.30. The van der Waals surface area contributed by atoms with E-state index in [0.717, 1.165) is 36.4 Å². The molecule has 0 atom stereocenters. The van der Waals surface area contributed by atoms with Crippen LogP contribution in [0, 0.1) is 5.92 Å². The number of thiazole rings is 1. The maximum absolute atomic E-state index is 11.8. The SMILES string of the molecule is C=CCNC(=O)CN1CCc2nc(NC(=O)C3CC3)sc2C1. The molecule has 1 aliphatic heterocycles. The van der Waals surface area contributed by atoms with Crippen LogP contribution in [0.2, 0.25) is 0 Å². The lowest BCUT2D eigenvalue weighted by molar-refractivity contribution is -0.122. The average Bonchev–Trinajstić information content (AvgIpc) is 3.26. The van der Waals surface area contributed by atoms with Gasteiger partial charge in [0.05, 0.1) is 12.2 Å². The Balaban J connectivity index is 1.55. The molecule has 0 saturated heterocycles. The Kier molecular flexibility index (Phi) is 4.54. The predicted molar refractivity (Wildman–Crippen MR) is 85.7 cm³/mol. The molecule has 1 aliphatic carbocycles. The van der Waals surface area contributed by atoms with Crippen LogP contribution in [0.25, 0.3) is 0 Å². The summed E-state index contributed by atoms with van der Waals surface area (Å²) in [5.74, 6) is 0.285. The van der Waals surface area contributed by atoms with E-state index in [-0.39, 0.29) is 17.7 Å².